The van der Waals surface area contributed by atoms with E-state index in [2.05, 4.69) is 21.3 Å². The van der Waals surface area contributed by atoms with Crippen LogP contribution in [0.1, 0.15) is 200 Å². The summed E-state index contributed by atoms with van der Waals surface area (Å²) in [5.41, 5.74) is 0. The van der Waals surface area contributed by atoms with Crippen molar-refractivity contribution in [2.75, 3.05) is 68.0 Å². The van der Waals surface area contributed by atoms with Crippen molar-refractivity contribution in [2.45, 2.75) is 279 Å². The van der Waals surface area contributed by atoms with Crippen LogP contribution in [0.2, 0.25) is 0 Å². The molecule has 4 saturated heterocycles. The molecule has 0 aromatic heterocycles. The number of likely N-dealkylation sites (tertiary alicyclic amines) is 1. The minimum absolute atomic E-state index is 0.00534. The number of carbonyl (C=O) groups excluding carboxylic acids is 12. The summed E-state index contributed by atoms with van der Waals surface area (Å²) in [6.07, 6.45) is 1.73. The Balaban J connectivity index is 1.97. The molecule has 0 unspecified atom stereocenters. The van der Waals surface area contributed by atoms with Crippen LogP contribution in [0.4, 0.5) is 0 Å². The molecule has 4 fully saturated rings. The van der Waals surface area contributed by atoms with E-state index in [0.29, 0.717) is 45.2 Å². The summed E-state index contributed by atoms with van der Waals surface area (Å²) in [5, 5.41) is 23.0. The molecule has 26 nitrogen and oxygen atoms in total. The van der Waals surface area contributed by atoms with Crippen LogP contribution in [0.3, 0.4) is 0 Å². The SMILES string of the molecule is CCC[C@H]1C(=O)N[C@@H](CC(C)C)C(=O)N(C)[C@@H](CC(C)C)C(=O)N[C@@H]([C@@H](C)O)C(=O)N2C[C@H](OCC)C[C@H]2C(=O)N(C)[C@@H](CC(C)C)C(=O)N[C@@H]([C@@H](C)CC)C(=O)N(C)[C@@H](CC(C)C)C(=O)N2CCC[C@H]2C(=O)N[C@H](C(=O)N2CCCCC2)CC(=O)N(C)[C@H](CC(C)C)C(=O)N1C. The number of amides is 12. The van der Waals surface area contributed by atoms with Gasteiger partial charge in [0.15, 0.2) is 0 Å². The second kappa shape index (κ2) is 38.2. The Morgan fingerprint density at radius 2 is 0.969 bits per heavy atom. The van der Waals surface area contributed by atoms with Crippen LogP contribution in [0.25, 0.3) is 0 Å². The summed E-state index contributed by atoms with van der Waals surface area (Å²) in [6.45, 7) is 28.3. The molecule has 97 heavy (non-hydrogen) atoms. The van der Waals surface area contributed by atoms with Gasteiger partial charge in [-0.2, -0.15) is 0 Å². The van der Waals surface area contributed by atoms with E-state index in [1.807, 2.05) is 83.1 Å². The number of fused-ring (bicyclic) bond motifs is 2. The number of piperidine rings is 1. The summed E-state index contributed by atoms with van der Waals surface area (Å²) in [6, 6.07) is -13.8. The minimum Gasteiger partial charge on any atom is -0.391 e. The van der Waals surface area contributed by atoms with Crippen LogP contribution < -0.4 is 21.3 Å². The Bertz CT molecular complexity index is 2700. The molecule has 14 atom stereocenters. The second-order valence-corrected chi connectivity index (χ2v) is 30.1. The molecular formula is C71H124N12O14. The van der Waals surface area contributed by atoms with Crippen molar-refractivity contribution in [1.82, 2.24) is 60.5 Å². The van der Waals surface area contributed by atoms with Crippen molar-refractivity contribution < 1.29 is 67.4 Å². The first-order valence-electron chi connectivity index (χ1n) is 36.2. The smallest absolute Gasteiger partial charge is 0.248 e. The van der Waals surface area contributed by atoms with Crippen LogP contribution in [-0.2, 0) is 62.3 Å². The average Bonchev–Trinajstić information content (AvgIpc) is 1.76. The Hall–Kier alpha value is -6.44. The Kier molecular flexibility index (Phi) is 32.7. The van der Waals surface area contributed by atoms with Crippen LogP contribution in [0.5, 0.6) is 0 Å². The van der Waals surface area contributed by atoms with E-state index in [4.69, 9.17) is 4.74 Å². The van der Waals surface area contributed by atoms with Gasteiger partial charge in [-0.05, 0) is 120 Å². The van der Waals surface area contributed by atoms with Crippen LogP contribution in [0, 0.1) is 35.5 Å². The molecule has 0 radical (unpaired) electrons. The topological polar surface area (TPSA) is 308 Å². The molecule has 5 N–H and O–H groups in total. The molecule has 0 aromatic rings. The lowest BCUT2D eigenvalue weighted by atomic mass is 9.94. The molecule has 0 spiro atoms. The highest BCUT2D eigenvalue weighted by Gasteiger charge is 2.49. The van der Waals surface area contributed by atoms with Gasteiger partial charge in [-0.25, -0.2) is 0 Å². The van der Waals surface area contributed by atoms with Gasteiger partial charge in [0.25, 0.3) is 0 Å². The Morgan fingerprint density at radius 1 is 0.485 bits per heavy atom. The zero-order valence-corrected chi connectivity index (χ0v) is 62.4. The lowest BCUT2D eigenvalue weighted by molar-refractivity contribution is -0.152. The number of nitrogens with one attached hydrogen (secondary N) is 4. The Morgan fingerprint density at radius 3 is 1.47 bits per heavy atom. The van der Waals surface area contributed by atoms with Crippen molar-refractivity contribution in [1.29, 1.82) is 0 Å². The number of likely N-dealkylation sites (N-methyl/N-ethyl adjacent to an activating group) is 5. The molecule has 552 valence electrons. The van der Waals surface area contributed by atoms with Gasteiger partial charge < -0.3 is 70.3 Å². The van der Waals surface area contributed by atoms with Crippen LogP contribution >= 0.6 is 0 Å². The van der Waals surface area contributed by atoms with Crippen LogP contribution in [0.15, 0.2) is 0 Å². The molecule has 4 heterocycles. The van der Waals surface area contributed by atoms with Gasteiger partial charge in [0, 0.05) is 74.4 Å². The zero-order chi connectivity index (χ0) is 73.2. The average molecular weight is 1370 g/mol. The lowest BCUT2D eigenvalue weighted by Crippen LogP contribution is -2.62. The van der Waals surface area contributed by atoms with Gasteiger partial charge in [0.2, 0.25) is 70.9 Å². The van der Waals surface area contributed by atoms with Gasteiger partial charge in [0.1, 0.15) is 66.5 Å². The number of nitrogens with zero attached hydrogens (tertiary/aromatic N) is 8. The fraction of sp³-hybridized carbons (Fsp3) is 0.831. The summed E-state index contributed by atoms with van der Waals surface area (Å²) in [5.74, 6) is -9.15. The summed E-state index contributed by atoms with van der Waals surface area (Å²) in [4.78, 5) is 191. The van der Waals surface area contributed by atoms with Crippen molar-refractivity contribution in [3.05, 3.63) is 0 Å². The number of rotatable bonds is 18. The summed E-state index contributed by atoms with van der Waals surface area (Å²) in [7, 11) is 7.29. The van der Waals surface area contributed by atoms with E-state index in [0.717, 1.165) is 6.42 Å². The molecule has 0 aliphatic carbocycles. The quantitative estimate of drug-likeness (QED) is 0.130. The van der Waals surface area contributed by atoms with E-state index in [-0.39, 0.29) is 101 Å². The predicted octanol–water partition coefficient (Wildman–Crippen LogP) is 3.93. The first-order valence-corrected chi connectivity index (χ1v) is 36.2. The van der Waals surface area contributed by atoms with E-state index in [9.17, 15) is 29.1 Å². The zero-order valence-electron chi connectivity index (χ0n) is 62.4. The summed E-state index contributed by atoms with van der Waals surface area (Å²) >= 11 is 0. The first kappa shape index (κ1) is 83.0. The van der Waals surface area contributed by atoms with Crippen molar-refractivity contribution in [3.8, 4) is 0 Å². The molecule has 4 rings (SSSR count). The van der Waals surface area contributed by atoms with Crippen LogP contribution in [-0.4, -0.2) is 262 Å². The molecule has 4 aliphatic rings. The van der Waals surface area contributed by atoms with E-state index < -0.39 is 162 Å². The highest BCUT2D eigenvalue weighted by Crippen LogP contribution is 2.29. The van der Waals surface area contributed by atoms with Crippen molar-refractivity contribution in [3.63, 3.8) is 0 Å². The molecule has 4 aliphatic heterocycles. The van der Waals surface area contributed by atoms with Gasteiger partial charge >= 0.3 is 0 Å². The number of hydrogen-bond donors (Lipinski definition) is 5. The third kappa shape index (κ3) is 22.3. The first-order chi connectivity index (χ1) is 45.4. The van der Waals surface area contributed by atoms with Gasteiger partial charge in [-0.3, -0.25) is 57.5 Å². The molecule has 26 heteroatoms. The number of ether oxygens (including phenoxy) is 1. The van der Waals surface area contributed by atoms with E-state index in [1.165, 1.54) is 76.5 Å². The standard InChI is InChI=1S/C71H124N12O14/c1-21-28-51-61(86)72-49(33-41(4)5)65(90)78(18)53(34-42(6)7)64(89)75-60(47(15)84)71(96)83-40-48(97-23-3)38-57(83)68(93)79(19)54(35-43(8)9)63(88)74-59(46(14)22-2)70(95)80(20)56(37-45(12)13)69(94)82-32-27-29-52(82)62(87)73-50(66(91)81-30-25-24-26-31-81)39-58(85)76(16)55(36-44(10)11)67(92)77(51)17/h41-57,59-60,84H,21-40H2,1-20H3,(H,72,86)(H,73,87)(H,74,88)(H,75,89)/t46-,47+,48+,49-,50-,51-,52-,53-,54-,55+,56-,57-,59-,60-/m0/s1. The maximum absolute atomic E-state index is 15.3. The highest BCUT2D eigenvalue weighted by atomic mass is 16.5. The Labute approximate surface area is 578 Å². The maximum atomic E-state index is 15.3. The molecule has 0 aromatic carbocycles. The fourth-order valence-electron chi connectivity index (χ4n) is 14.0. The fourth-order valence-corrected chi connectivity index (χ4v) is 14.0. The molecule has 0 saturated carbocycles. The molecular weight excluding hydrogens is 1240 g/mol. The summed E-state index contributed by atoms with van der Waals surface area (Å²) < 4.78 is 6.04. The third-order valence-corrected chi connectivity index (χ3v) is 19.8. The highest BCUT2D eigenvalue weighted by molar-refractivity contribution is 6.00. The van der Waals surface area contributed by atoms with Gasteiger partial charge in [-0.1, -0.05) is 103 Å². The van der Waals surface area contributed by atoms with E-state index >= 15 is 33.6 Å². The minimum atomic E-state index is -1.66. The van der Waals surface area contributed by atoms with Crippen molar-refractivity contribution in [2.24, 2.45) is 35.5 Å². The maximum Gasteiger partial charge on any atom is 0.248 e. The second-order valence-electron chi connectivity index (χ2n) is 30.1. The molecule has 12 amide bonds. The normalized spacial score (nSPS) is 28.6. The number of aliphatic hydroxyl groups excluding tert-OH is 1. The number of hydrogen-bond acceptors (Lipinski definition) is 14. The van der Waals surface area contributed by atoms with Gasteiger partial charge in [-0.15, -0.1) is 0 Å². The lowest BCUT2D eigenvalue weighted by Gasteiger charge is -2.38. The third-order valence-electron chi connectivity index (χ3n) is 19.8. The van der Waals surface area contributed by atoms with Crippen molar-refractivity contribution >= 4 is 70.9 Å². The predicted molar refractivity (Wildman–Crippen MR) is 369 cm³/mol. The molecule has 0 bridgehead atoms. The van der Waals surface area contributed by atoms with Gasteiger partial charge in [0.05, 0.1) is 18.6 Å². The monoisotopic (exact) mass is 1370 g/mol. The largest absolute Gasteiger partial charge is 0.391 e. The van der Waals surface area contributed by atoms with E-state index in [1.54, 1.807) is 18.7 Å². The number of aliphatic hydroxyl groups is 1. The number of carbonyl (C=O) groups is 12.